The maximum absolute atomic E-state index is 5.82. The van der Waals surface area contributed by atoms with Crippen LogP contribution >= 0.6 is 0 Å². The zero-order chi connectivity index (χ0) is 16.4. The summed E-state index contributed by atoms with van der Waals surface area (Å²) in [4.78, 5) is 2.65. The highest BCUT2D eigenvalue weighted by atomic mass is 16.5. The number of aromatic nitrogens is 2. The van der Waals surface area contributed by atoms with Gasteiger partial charge in [0.1, 0.15) is 0 Å². The van der Waals surface area contributed by atoms with Gasteiger partial charge in [0.15, 0.2) is 0 Å². The Kier molecular flexibility index (Phi) is 4.67. The van der Waals surface area contributed by atoms with E-state index < -0.39 is 0 Å². The van der Waals surface area contributed by atoms with Crippen molar-refractivity contribution in [3.63, 3.8) is 0 Å². The first-order valence-corrected chi connectivity index (χ1v) is 9.11. The average molecular weight is 325 g/mol. The van der Waals surface area contributed by atoms with Gasteiger partial charge in [-0.1, -0.05) is 30.3 Å². The monoisotopic (exact) mass is 325 g/mol. The zero-order valence-corrected chi connectivity index (χ0v) is 14.4. The second-order valence-corrected chi connectivity index (χ2v) is 7.31. The summed E-state index contributed by atoms with van der Waals surface area (Å²) in [6.07, 6.45) is 7.75. The molecule has 4 heteroatoms. The Morgan fingerprint density at radius 1 is 1.08 bits per heavy atom. The number of ether oxygens (including phenoxy) is 1. The maximum Gasteiger partial charge on any atom is 0.0798 e. The summed E-state index contributed by atoms with van der Waals surface area (Å²) in [5.74, 6) is 1.55. The molecule has 4 nitrogen and oxygen atoms in total. The molecular formula is C20H27N3O. The molecule has 24 heavy (non-hydrogen) atoms. The number of likely N-dealkylation sites (tertiary alicyclic amines) is 1. The fourth-order valence-electron chi connectivity index (χ4n) is 4.61. The average Bonchev–Trinajstić information content (AvgIpc) is 3.28. The van der Waals surface area contributed by atoms with Crippen LogP contribution in [0.2, 0.25) is 0 Å². The molecule has 0 amide bonds. The first-order valence-electron chi connectivity index (χ1n) is 9.11. The van der Waals surface area contributed by atoms with Crippen LogP contribution in [0, 0.1) is 11.8 Å². The molecule has 4 rings (SSSR count). The molecule has 2 heterocycles. The summed E-state index contributed by atoms with van der Waals surface area (Å²) in [5, 5.41) is 4.47. The largest absolute Gasteiger partial charge is 0.379 e. The Hall–Kier alpha value is -1.65. The number of methoxy groups -OCH3 is 1. The summed E-state index contributed by atoms with van der Waals surface area (Å²) in [6, 6.07) is 13.2. The summed E-state index contributed by atoms with van der Waals surface area (Å²) >= 11 is 0. The van der Waals surface area contributed by atoms with Crippen molar-refractivity contribution >= 4 is 0 Å². The lowest BCUT2D eigenvalue weighted by Gasteiger charge is -2.37. The fraction of sp³-hybridized carbons (Fsp3) is 0.550. The molecule has 2 aliphatic rings. The van der Waals surface area contributed by atoms with E-state index in [1.54, 1.807) is 0 Å². The van der Waals surface area contributed by atoms with E-state index in [4.69, 9.17) is 4.74 Å². The smallest absolute Gasteiger partial charge is 0.0798 e. The quantitative estimate of drug-likeness (QED) is 0.846. The van der Waals surface area contributed by atoms with Crippen molar-refractivity contribution in [2.24, 2.45) is 11.8 Å². The van der Waals surface area contributed by atoms with Gasteiger partial charge in [0.2, 0.25) is 0 Å². The summed E-state index contributed by atoms with van der Waals surface area (Å²) in [7, 11) is 1.85. The van der Waals surface area contributed by atoms with Crippen molar-refractivity contribution in [3.8, 4) is 0 Å². The molecule has 1 saturated heterocycles. The molecule has 0 N–H and O–H groups in total. The van der Waals surface area contributed by atoms with Gasteiger partial charge >= 0.3 is 0 Å². The van der Waals surface area contributed by atoms with E-state index in [0.717, 1.165) is 24.7 Å². The molecule has 128 valence electrons. The Bertz CT molecular complexity index is 628. The molecule has 0 unspecified atom stereocenters. The van der Waals surface area contributed by atoms with Gasteiger partial charge in [-0.05, 0) is 42.7 Å². The van der Waals surface area contributed by atoms with Crippen LogP contribution in [0.3, 0.4) is 0 Å². The summed E-state index contributed by atoms with van der Waals surface area (Å²) < 4.78 is 7.93. The standard InChI is InChI=1S/C20H27N3O/c1-24-20-13-18-15-22(11-8-16-6-3-2-4-7-16)14-17(18)12-19(20)23-10-5-9-21-23/h2-7,9-10,17-20H,8,11-15H2,1H3/t17-,18+,19-,20-/m0/s1. The second-order valence-electron chi connectivity index (χ2n) is 7.31. The predicted molar refractivity (Wildman–Crippen MR) is 94.9 cm³/mol. The Labute approximate surface area is 144 Å². The molecule has 1 aromatic carbocycles. The van der Waals surface area contributed by atoms with Crippen molar-refractivity contribution < 1.29 is 4.74 Å². The Balaban J connectivity index is 1.38. The first kappa shape index (κ1) is 15.9. The molecular weight excluding hydrogens is 298 g/mol. The lowest BCUT2D eigenvalue weighted by Crippen LogP contribution is -2.37. The van der Waals surface area contributed by atoms with Crippen LogP contribution in [0.1, 0.15) is 24.4 Å². The lowest BCUT2D eigenvalue weighted by molar-refractivity contribution is -0.00486. The minimum absolute atomic E-state index is 0.292. The van der Waals surface area contributed by atoms with E-state index in [1.807, 2.05) is 19.4 Å². The van der Waals surface area contributed by atoms with Gasteiger partial charge in [0, 0.05) is 39.1 Å². The van der Waals surface area contributed by atoms with Crippen molar-refractivity contribution in [1.29, 1.82) is 0 Å². The van der Waals surface area contributed by atoms with Crippen LogP contribution in [-0.2, 0) is 11.2 Å². The van der Waals surface area contributed by atoms with E-state index in [1.165, 1.54) is 31.6 Å². The molecule has 1 aliphatic carbocycles. The zero-order valence-electron chi connectivity index (χ0n) is 14.4. The normalized spacial score (nSPS) is 30.4. The van der Waals surface area contributed by atoms with Gasteiger partial charge in [-0.15, -0.1) is 0 Å². The second kappa shape index (κ2) is 7.08. The minimum Gasteiger partial charge on any atom is -0.379 e. The Morgan fingerprint density at radius 2 is 1.88 bits per heavy atom. The van der Waals surface area contributed by atoms with E-state index >= 15 is 0 Å². The molecule has 0 bridgehead atoms. The molecule has 2 aromatic rings. The number of hydrogen-bond acceptors (Lipinski definition) is 3. The summed E-state index contributed by atoms with van der Waals surface area (Å²) in [5.41, 5.74) is 1.44. The maximum atomic E-state index is 5.82. The van der Waals surface area contributed by atoms with Crippen molar-refractivity contribution in [1.82, 2.24) is 14.7 Å². The number of benzene rings is 1. The van der Waals surface area contributed by atoms with Crippen molar-refractivity contribution in [2.45, 2.75) is 31.4 Å². The SMILES string of the molecule is CO[C@H]1C[C@@H]2CN(CCc3ccccc3)C[C@@H]2C[C@@H]1n1cccn1. The molecule has 1 aromatic heterocycles. The number of nitrogens with zero attached hydrogens (tertiary/aromatic N) is 3. The van der Waals surface area contributed by atoms with Crippen LogP contribution in [0.15, 0.2) is 48.8 Å². The van der Waals surface area contributed by atoms with E-state index in [9.17, 15) is 0 Å². The van der Waals surface area contributed by atoms with Crippen LogP contribution in [-0.4, -0.2) is 47.5 Å². The molecule has 4 atom stereocenters. The molecule has 0 radical (unpaired) electrons. The van der Waals surface area contributed by atoms with Gasteiger partial charge in [-0.25, -0.2) is 0 Å². The van der Waals surface area contributed by atoms with Crippen LogP contribution in [0.4, 0.5) is 0 Å². The number of fused-ring (bicyclic) bond motifs is 1. The first-order chi connectivity index (χ1) is 11.8. The van der Waals surface area contributed by atoms with Crippen LogP contribution in [0.5, 0.6) is 0 Å². The highest BCUT2D eigenvalue weighted by molar-refractivity contribution is 5.15. The highest BCUT2D eigenvalue weighted by Gasteiger charge is 2.43. The van der Waals surface area contributed by atoms with Crippen LogP contribution in [0.25, 0.3) is 0 Å². The lowest BCUT2D eigenvalue weighted by atomic mass is 9.77. The summed E-state index contributed by atoms with van der Waals surface area (Å²) in [6.45, 7) is 3.62. The highest BCUT2D eigenvalue weighted by Crippen LogP contribution is 2.42. The predicted octanol–water partition coefficient (Wildman–Crippen LogP) is 3.02. The van der Waals surface area contributed by atoms with E-state index in [2.05, 4.69) is 51.2 Å². The van der Waals surface area contributed by atoms with Crippen LogP contribution < -0.4 is 0 Å². The van der Waals surface area contributed by atoms with Crippen molar-refractivity contribution in [2.75, 3.05) is 26.7 Å². The van der Waals surface area contributed by atoms with Gasteiger partial charge in [-0.2, -0.15) is 5.10 Å². The van der Waals surface area contributed by atoms with Gasteiger partial charge in [0.25, 0.3) is 0 Å². The third kappa shape index (κ3) is 3.26. The topological polar surface area (TPSA) is 30.3 Å². The van der Waals surface area contributed by atoms with Crippen molar-refractivity contribution in [3.05, 3.63) is 54.4 Å². The molecule has 1 saturated carbocycles. The number of hydrogen-bond donors (Lipinski definition) is 0. The minimum atomic E-state index is 0.292. The Morgan fingerprint density at radius 3 is 2.58 bits per heavy atom. The third-order valence-electron chi connectivity index (χ3n) is 5.89. The van der Waals surface area contributed by atoms with E-state index in [-0.39, 0.29) is 0 Å². The molecule has 2 fully saturated rings. The molecule has 1 aliphatic heterocycles. The van der Waals surface area contributed by atoms with Gasteiger partial charge in [0.05, 0.1) is 12.1 Å². The van der Waals surface area contributed by atoms with E-state index in [0.29, 0.717) is 12.1 Å². The fourth-order valence-corrected chi connectivity index (χ4v) is 4.61. The van der Waals surface area contributed by atoms with Gasteiger partial charge < -0.3 is 9.64 Å². The number of rotatable bonds is 5. The third-order valence-corrected chi connectivity index (χ3v) is 5.89. The molecule has 0 spiro atoms. The van der Waals surface area contributed by atoms with Gasteiger partial charge in [-0.3, -0.25) is 4.68 Å².